The number of thiazole rings is 1. The molecule has 5 nitrogen and oxygen atoms in total. The normalized spacial score (nSPS) is 18.0. The maximum absolute atomic E-state index is 13.0. The molecule has 1 aromatic heterocycles. The molecule has 7 heteroatoms. The molecule has 1 aromatic carbocycles. The van der Waals surface area contributed by atoms with E-state index in [9.17, 15) is 9.18 Å². The fraction of sp³-hybridized carbons (Fsp3) is 0.444. The van der Waals surface area contributed by atoms with Crippen LogP contribution in [0.5, 0.6) is 0 Å². The van der Waals surface area contributed by atoms with Crippen molar-refractivity contribution < 1.29 is 9.18 Å². The highest BCUT2D eigenvalue weighted by Gasteiger charge is 2.27. The number of rotatable bonds is 5. The minimum Gasteiger partial charge on any atom is -0.348 e. The third kappa shape index (κ3) is 4.35. The van der Waals surface area contributed by atoms with Crippen LogP contribution in [0.4, 0.5) is 9.52 Å². The number of piperazine rings is 1. The van der Waals surface area contributed by atoms with E-state index in [1.807, 2.05) is 25.4 Å². The Labute approximate surface area is 151 Å². The Bertz CT molecular complexity index is 684. The number of carbonyl (C=O) groups is 1. The fourth-order valence-corrected chi connectivity index (χ4v) is 3.70. The van der Waals surface area contributed by atoms with Crippen LogP contribution in [0.15, 0.2) is 35.8 Å². The molecule has 134 valence electrons. The minimum atomic E-state index is -0.270. The van der Waals surface area contributed by atoms with Crippen LogP contribution in [0.2, 0.25) is 0 Å². The number of hydrogen-bond acceptors (Lipinski definition) is 5. The molecule has 2 atom stereocenters. The smallest absolute Gasteiger partial charge is 0.237 e. The lowest BCUT2D eigenvalue weighted by Crippen LogP contribution is -2.54. The average molecular weight is 362 g/mol. The first-order chi connectivity index (χ1) is 12.0. The van der Waals surface area contributed by atoms with Gasteiger partial charge in [0, 0.05) is 37.8 Å². The van der Waals surface area contributed by atoms with Crippen molar-refractivity contribution in [3.63, 3.8) is 0 Å². The molecule has 25 heavy (non-hydrogen) atoms. The summed E-state index contributed by atoms with van der Waals surface area (Å²) in [6.07, 6.45) is 1.82. The number of hydrogen-bond donors (Lipinski definition) is 1. The zero-order valence-corrected chi connectivity index (χ0v) is 15.3. The summed E-state index contributed by atoms with van der Waals surface area (Å²) in [5.74, 6) is -0.270. The highest BCUT2D eigenvalue weighted by Crippen LogP contribution is 2.20. The van der Waals surface area contributed by atoms with Crippen LogP contribution in [0.3, 0.4) is 0 Å². The molecule has 0 aliphatic carbocycles. The molecule has 1 aliphatic heterocycles. The van der Waals surface area contributed by atoms with Crippen molar-refractivity contribution in [3.8, 4) is 0 Å². The molecule has 1 aliphatic rings. The van der Waals surface area contributed by atoms with Crippen LogP contribution in [0, 0.1) is 5.82 Å². The van der Waals surface area contributed by atoms with Crippen molar-refractivity contribution in [2.45, 2.75) is 25.9 Å². The summed E-state index contributed by atoms with van der Waals surface area (Å²) in [7, 11) is 0. The Hall–Kier alpha value is -1.99. The van der Waals surface area contributed by atoms with Crippen molar-refractivity contribution in [2.75, 3.05) is 31.1 Å². The van der Waals surface area contributed by atoms with Crippen LogP contribution in [-0.2, 0) is 4.79 Å². The number of nitrogens with one attached hydrogen (secondary N) is 1. The molecule has 0 radical (unpaired) electrons. The van der Waals surface area contributed by atoms with Gasteiger partial charge >= 0.3 is 0 Å². The molecule has 0 spiro atoms. The van der Waals surface area contributed by atoms with Gasteiger partial charge in [-0.05, 0) is 31.5 Å². The molecule has 2 heterocycles. The SMILES string of the molecule is C[C@H](NC(=O)[C@@H](C)N1CCN(c2nccs2)CC1)c1ccc(F)cc1. The van der Waals surface area contributed by atoms with E-state index in [1.54, 1.807) is 23.5 Å². The van der Waals surface area contributed by atoms with Crippen molar-refractivity contribution >= 4 is 22.4 Å². The number of anilines is 1. The number of carbonyl (C=O) groups excluding carboxylic acids is 1. The Kier molecular flexibility index (Phi) is 5.65. The quantitative estimate of drug-likeness (QED) is 0.888. The van der Waals surface area contributed by atoms with E-state index < -0.39 is 0 Å². The standard InChI is InChI=1S/C18H23FN4OS/c1-13(15-3-5-16(19)6-4-15)21-17(24)14(2)22-8-10-23(11-9-22)18-20-7-12-25-18/h3-7,12-14H,8-11H2,1-2H3,(H,21,24)/t13-,14+/m0/s1. The number of aromatic nitrogens is 1. The summed E-state index contributed by atoms with van der Waals surface area (Å²) in [5, 5.41) is 6.05. The van der Waals surface area contributed by atoms with Crippen molar-refractivity contribution in [3.05, 3.63) is 47.2 Å². The van der Waals surface area contributed by atoms with Gasteiger partial charge in [0.1, 0.15) is 5.82 Å². The summed E-state index contributed by atoms with van der Waals surface area (Å²) < 4.78 is 13.0. The molecule has 0 unspecified atom stereocenters. The second-order valence-electron chi connectivity index (χ2n) is 6.30. The molecule has 2 aromatic rings. The molecule has 0 saturated carbocycles. The Balaban J connectivity index is 1.51. The summed E-state index contributed by atoms with van der Waals surface area (Å²) in [4.78, 5) is 21.3. The first kappa shape index (κ1) is 17.8. The van der Waals surface area contributed by atoms with E-state index in [0.717, 1.165) is 36.9 Å². The van der Waals surface area contributed by atoms with Gasteiger partial charge in [0.25, 0.3) is 0 Å². The lowest BCUT2D eigenvalue weighted by atomic mass is 10.1. The van der Waals surface area contributed by atoms with Crippen molar-refractivity contribution in [1.82, 2.24) is 15.2 Å². The largest absolute Gasteiger partial charge is 0.348 e. The summed E-state index contributed by atoms with van der Waals surface area (Å²) >= 11 is 1.64. The predicted molar refractivity (Wildman–Crippen MR) is 98.3 cm³/mol. The first-order valence-electron chi connectivity index (χ1n) is 8.49. The van der Waals surface area contributed by atoms with Crippen LogP contribution >= 0.6 is 11.3 Å². The topological polar surface area (TPSA) is 48.5 Å². The molecule has 0 bridgehead atoms. The molecular formula is C18H23FN4OS. The summed E-state index contributed by atoms with van der Waals surface area (Å²) in [6, 6.07) is 5.90. The number of amides is 1. The lowest BCUT2D eigenvalue weighted by Gasteiger charge is -2.37. The summed E-state index contributed by atoms with van der Waals surface area (Å²) in [6.45, 7) is 7.26. The summed E-state index contributed by atoms with van der Waals surface area (Å²) in [5.41, 5.74) is 0.899. The third-order valence-electron chi connectivity index (χ3n) is 4.66. The van der Waals surface area contributed by atoms with E-state index in [2.05, 4.69) is 20.1 Å². The zero-order valence-electron chi connectivity index (χ0n) is 14.5. The molecule has 1 saturated heterocycles. The monoisotopic (exact) mass is 362 g/mol. The van der Waals surface area contributed by atoms with Crippen LogP contribution < -0.4 is 10.2 Å². The van der Waals surface area contributed by atoms with Gasteiger partial charge in [0.15, 0.2) is 5.13 Å². The Morgan fingerprint density at radius 3 is 2.48 bits per heavy atom. The van der Waals surface area contributed by atoms with Crippen molar-refractivity contribution in [1.29, 1.82) is 0 Å². The fourth-order valence-electron chi connectivity index (χ4n) is 3.01. The average Bonchev–Trinajstić information content (AvgIpc) is 3.16. The van der Waals surface area contributed by atoms with Gasteiger partial charge in [-0.3, -0.25) is 9.69 Å². The zero-order chi connectivity index (χ0) is 17.8. The van der Waals surface area contributed by atoms with Crippen molar-refractivity contribution in [2.24, 2.45) is 0 Å². The maximum atomic E-state index is 13.0. The first-order valence-corrected chi connectivity index (χ1v) is 9.37. The van der Waals surface area contributed by atoms with E-state index in [1.165, 1.54) is 12.1 Å². The van der Waals surface area contributed by atoms with Gasteiger partial charge in [-0.2, -0.15) is 0 Å². The highest BCUT2D eigenvalue weighted by molar-refractivity contribution is 7.13. The maximum Gasteiger partial charge on any atom is 0.237 e. The van der Waals surface area contributed by atoms with E-state index in [4.69, 9.17) is 0 Å². The number of nitrogens with zero attached hydrogens (tertiary/aromatic N) is 3. The third-order valence-corrected chi connectivity index (χ3v) is 5.49. The predicted octanol–water partition coefficient (Wildman–Crippen LogP) is 2.67. The molecule has 1 amide bonds. The highest BCUT2D eigenvalue weighted by atomic mass is 32.1. The van der Waals surface area contributed by atoms with Gasteiger partial charge in [-0.15, -0.1) is 11.3 Å². The van der Waals surface area contributed by atoms with Gasteiger partial charge in [0.2, 0.25) is 5.91 Å². The lowest BCUT2D eigenvalue weighted by molar-refractivity contribution is -0.126. The molecule has 1 fully saturated rings. The van der Waals surface area contributed by atoms with Gasteiger partial charge in [-0.25, -0.2) is 9.37 Å². The Morgan fingerprint density at radius 2 is 1.88 bits per heavy atom. The van der Waals surface area contributed by atoms with Crippen LogP contribution in [-0.4, -0.2) is 48.0 Å². The molecular weight excluding hydrogens is 339 g/mol. The van der Waals surface area contributed by atoms with Crippen LogP contribution in [0.25, 0.3) is 0 Å². The van der Waals surface area contributed by atoms with Crippen LogP contribution in [0.1, 0.15) is 25.5 Å². The Morgan fingerprint density at radius 1 is 1.20 bits per heavy atom. The van der Waals surface area contributed by atoms with Gasteiger partial charge in [0.05, 0.1) is 12.1 Å². The second kappa shape index (κ2) is 7.93. The van der Waals surface area contributed by atoms with E-state index in [-0.39, 0.29) is 23.8 Å². The number of halogens is 1. The van der Waals surface area contributed by atoms with E-state index >= 15 is 0 Å². The number of benzene rings is 1. The second-order valence-corrected chi connectivity index (χ2v) is 7.17. The minimum absolute atomic E-state index is 0.000441. The van der Waals surface area contributed by atoms with E-state index in [0.29, 0.717) is 0 Å². The molecule has 3 rings (SSSR count). The van der Waals surface area contributed by atoms with Gasteiger partial charge in [-0.1, -0.05) is 12.1 Å². The van der Waals surface area contributed by atoms with Gasteiger partial charge < -0.3 is 10.2 Å². The molecule has 1 N–H and O–H groups in total.